The van der Waals surface area contributed by atoms with Crippen molar-refractivity contribution in [1.29, 1.82) is 0 Å². The van der Waals surface area contributed by atoms with E-state index in [0.29, 0.717) is 0 Å². The number of alkyl halides is 3. The fourth-order valence-corrected chi connectivity index (χ4v) is 1.92. The summed E-state index contributed by atoms with van der Waals surface area (Å²) in [4.78, 5) is 13.9. The summed E-state index contributed by atoms with van der Waals surface area (Å²) < 4.78 is 42.6. The summed E-state index contributed by atoms with van der Waals surface area (Å²) in [5.74, 6) is -3.71. The molecule has 1 N–H and O–H groups in total. The summed E-state index contributed by atoms with van der Waals surface area (Å²) in [6.45, 7) is 0. The molecule has 1 aromatic heterocycles. The zero-order valence-electron chi connectivity index (χ0n) is 9.33. The van der Waals surface area contributed by atoms with E-state index < -0.39 is 29.5 Å². The van der Waals surface area contributed by atoms with Crippen LogP contribution in [0.5, 0.6) is 0 Å². The second-order valence-corrected chi connectivity index (χ2v) is 4.47. The molecule has 1 heterocycles. The standard InChI is InChI=1S/C11H4Cl2F3NO3/c12-4-1-2-5(6(13)3-4)9-17-8(11(14,15)16)7(20-9)10(18)19/h1-3H,(H,18,19). The van der Waals surface area contributed by atoms with Gasteiger partial charge in [-0.15, -0.1) is 0 Å². The van der Waals surface area contributed by atoms with Crippen LogP contribution in [0.2, 0.25) is 10.0 Å². The van der Waals surface area contributed by atoms with E-state index in [4.69, 9.17) is 28.3 Å². The number of carbonyl (C=O) groups is 1. The van der Waals surface area contributed by atoms with Crippen LogP contribution >= 0.6 is 23.2 Å². The largest absolute Gasteiger partial charge is 0.475 e. The lowest BCUT2D eigenvalue weighted by atomic mass is 10.2. The van der Waals surface area contributed by atoms with Gasteiger partial charge in [0, 0.05) is 5.02 Å². The summed E-state index contributed by atoms with van der Waals surface area (Å²) in [7, 11) is 0. The van der Waals surface area contributed by atoms with Gasteiger partial charge in [-0.3, -0.25) is 0 Å². The van der Waals surface area contributed by atoms with Crippen molar-refractivity contribution in [3.05, 3.63) is 39.7 Å². The Morgan fingerprint density at radius 3 is 2.40 bits per heavy atom. The summed E-state index contributed by atoms with van der Waals surface area (Å²) in [6, 6.07) is 3.92. The van der Waals surface area contributed by atoms with E-state index in [1.165, 1.54) is 18.2 Å². The monoisotopic (exact) mass is 325 g/mol. The minimum atomic E-state index is -4.95. The Labute approximate surface area is 119 Å². The molecule has 0 spiro atoms. The van der Waals surface area contributed by atoms with E-state index in [1.807, 2.05) is 0 Å². The topological polar surface area (TPSA) is 63.3 Å². The van der Waals surface area contributed by atoms with Crippen LogP contribution in [0.3, 0.4) is 0 Å². The first-order chi connectivity index (χ1) is 9.20. The number of benzene rings is 1. The highest BCUT2D eigenvalue weighted by molar-refractivity contribution is 6.36. The highest BCUT2D eigenvalue weighted by Gasteiger charge is 2.41. The van der Waals surface area contributed by atoms with Crippen LogP contribution in [-0.2, 0) is 6.18 Å². The van der Waals surface area contributed by atoms with Crippen molar-refractivity contribution in [2.24, 2.45) is 0 Å². The SMILES string of the molecule is O=C(O)c1oc(-c2ccc(Cl)cc2Cl)nc1C(F)(F)F. The highest BCUT2D eigenvalue weighted by Crippen LogP contribution is 2.36. The molecule has 0 amide bonds. The number of hydrogen-bond donors (Lipinski definition) is 1. The highest BCUT2D eigenvalue weighted by atomic mass is 35.5. The first-order valence-corrected chi connectivity index (χ1v) is 5.72. The number of halogens is 5. The molecule has 2 aromatic rings. The third-order valence-corrected chi connectivity index (χ3v) is 2.80. The molecule has 1 aromatic carbocycles. The Bertz CT molecular complexity index is 682. The zero-order chi connectivity index (χ0) is 15.1. The van der Waals surface area contributed by atoms with E-state index in [1.54, 1.807) is 0 Å². The van der Waals surface area contributed by atoms with Crippen molar-refractivity contribution in [3.8, 4) is 11.5 Å². The molecule has 0 saturated carbocycles. The predicted molar refractivity (Wildman–Crippen MR) is 63.9 cm³/mol. The molecular weight excluding hydrogens is 322 g/mol. The maximum atomic E-state index is 12.7. The van der Waals surface area contributed by atoms with E-state index in [-0.39, 0.29) is 15.6 Å². The summed E-state index contributed by atoms with van der Waals surface area (Å²) in [5, 5.41) is 8.97. The van der Waals surface area contributed by atoms with Crippen molar-refractivity contribution in [2.75, 3.05) is 0 Å². The molecule has 0 aliphatic carbocycles. The molecule has 2 rings (SSSR count). The van der Waals surface area contributed by atoms with Gasteiger partial charge >= 0.3 is 12.1 Å². The molecule has 0 aliphatic rings. The van der Waals surface area contributed by atoms with Gasteiger partial charge in [-0.05, 0) is 18.2 Å². The lowest BCUT2D eigenvalue weighted by molar-refractivity contribution is -0.141. The van der Waals surface area contributed by atoms with Gasteiger partial charge < -0.3 is 9.52 Å². The number of nitrogens with zero attached hydrogens (tertiary/aromatic N) is 1. The molecule has 106 valence electrons. The normalized spacial score (nSPS) is 11.7. The number of aromatic nitrogens is 1. The third kappa shape index (κ3) is 2.73. The minimum absolute atomic E-state index is 0.00840. The van der Waals surface area contributed by atoms with E-state index in [2.05, 4.69) is 9.40 Å². The molecule has 0 fully saturated rings. The Morgan fingerprint density at radius 1 is 1.30 bits per heavy atom. The van der Waals surface area contributed by atoms with Gasteiger partial charge in [-0.1, -0.05) is 23.2 Å². The van der Waals surface area contributed by atoms with Gasteiger partial charge in [0.25, 0.3) is 0 Å². The van der Waals surface area contributed by atoms with Gasteiger partial charge in [-0.2, -0.15) is 13.2 Å². The Kier molecular flexibility index (Phi) is 3.66. The first kappa shape index (κ1) is 14.7. The average Bonchev–Trinajstić information content (AvgIpc) is 2.73. The van der Waals surface area contributed by atoms with Crippen LogP contribution in [-0.4, -0.2) is 16.1 Å². The molecule has 0 atom stereocenters. The van der Waals surface area contributed by atoms with Crippen LogP contribution in [0.15, 0.2) is 22.6 Å². The maximum absolute atomic E-state index is 12.7. The predicted octanol–water partition coefficient (Wildman–Crippen LogP) is 4.37. The van der Waals surface area contributed by atoms with Crippen molar-refractivity contribution in [3.63, 3.8) is 0 Å². The number of oxazole rings is 1. The molecule has 0 saturated heterocycles. The van der Waals surface area contributed by atoms with Crippen LogP contribution in [0.25, 0.3) is 11.5 Å². The fourth-order valence-electron chi connectivity index (χ4n) is 1.44. The Balaban J connectivity index is 2.62. The lowest BCUT2D eigenvalue weighted by Gasteiger charge is -2.01. The summed E-state index contributed by atoms with van der Waals surface area (Å²) in [5.41, 5.74) is -1.61. The molecule has 20 heavy (non-hydrogen) atoms. The maximum Gasteiger partial charge on any atom is 0.437 e. The molecule has 0 unspecified atom stereocenters. The van der Waals surface area contributed by atoms with Crippen LogP contribution < -0.4 is 0 Å². The summed E-state index contributed by atoms with van der Waals surface area (Å²) in [6.07, 6.45) is -4.95. The quantitative estimate of drug-likeness (QED) is 0.890. The molecule has 9 heteroatoms. The smallest absolute Gasteiger partial charge is 0.437 e. The zero-order valence-corrected chi connectivity index (χ0v) is 10.8. The van der Waals surface area contributed by atoms with Gasteiger partial charge in [0.05, 0.1) is 10.6 Å². The number of rotatable bonds is 2. The third-order valence-electron chi connectivity index (χ3n) is 2.25. The van der Waals surface area contributed by atoms with Gasteiger partial charge in [-0.25, -0.2) is 9.78 Å². The first-order valence-electron chi connectivity index (χ1n) is 4.97. The van der Waals surface area contributed by atoms with Crippen LogP contribution in [0.1, 0.15) is 16.2 Å². The van der Waals surface area contributed by atoms with Gasteiger partial charge in [0.15, 0.2) is 5.69 Å². The number of hydrogen-bond acceptors (Lipinski definition) is 3. The van der Waals surface area contributed by atoms with Crippen LogP contribution in [0.4, 0.5) is 13.2 Å². The Hall–Kier alpha value is -1.73. The minimum Gasteiger partial charge on any atom is -0.475 e. The average molecular weight is 326 g/mol. The second-order valence-electron chi connectivity index (χ2n) is 3.62. The Morgan fingerprint density at radius 2 is 1.95 bits per heavy atom. The molecule has 4 nitrogen and oxygen atoms in total. The number of carboxylic acids is 1. The fraction of sp³-hybridized carbons (Fsp3) is 0.0909. The van der Waals surface area contributed by atoms with Crippen molar-refractivity contribution in [2.45, 2.75) is 6.18 Å². The summed E-state index contributed by atoms with van der Waals surface area (Å²) >= 11 is 11.5. The van der Waals surface area contributed by atoms with E-state index >= 15 is 0 Å². The molecule has 0 aliphatic heterocycles. The number of aromatic carboxylic acids is 1. The molecule has 0 bridgehead atoms. The molecule has 0 radical (unpaired) electrons. The van der Waals surface area contributed by atoms with Crippen molar-refractivity contribution < 1.29 is 27.5 Å². The van der Waals surface area contributed by atoms with E-state index in [0.717, 1.165) is 0 Å². The van der Waals surface area contributed by atoms with Gasteiger partial charge in [0.1, 0.15) is 0 Å². The van der Waals surface area contributed by atoms with Crippen molar-refractivity contribution >= 4 is 29.2 Å². The van der Waals surface area contributed by atoms with Crippen LogP contribution in [0, 0.1) is 0 Å². The van der Waals surface area contributed by atoms with E-state index in [9.17, 15) is 18.0 Å². The lowest BCUT2D eigenvalue weighted by Crippen LogP contribution is -2.11. The molecular formula is C11H4Cl2F3NO3. The number of carboxylic acid groups (broad SMARTS) is 1. The van der Waals surface area contributed by atoms with Crippen molar-refractivity contribution in [1.82, 2.24) is 4.98 Å². The second kappa shape index (κ2) is 4.99. The van der Waals surface area contributed by atoms with Gasteiger partial charge in [0.2, 0.25) is 11.7 Å².